The first kappa shape index (κ1) is 11.7. The Labute approximate surface area is 90.0 Å². The number of nitrogen functional groups attached to an aromatic ring is 1. The number of rotatable bonds is 7. The molecule has 0 saturated heterocycles. The van der Waals surface area contributed by atoms with Crippen LogP contribution in [-0.2, 0) is 4.74 Å². The smallest absolute Gasteiger partial charge is 0.142 e. The fraction of sp³-hybridized carbons (Fsp3) is 0.500. The minimum atomic E-state index is 0.657. The molecule has 0 bridgehead atoms. The Balaban J connectivity index is 2.24. The Morgan fingerprint density at radius 3 is 2.93 bits per heavy atom. The molecule has 0 fully saturated rings. The number of ether oxygens (including phenoxy) is 1. The highest BCUT2D eigenvalue weighted by Crippen LogP contribution is 2.07. The molecule has 0 unspecified atom stereocenters. The molecule has 1 heterocycles. The van der Waals surface area contributed by atoms with Crippen molar-refractivity contribution in [2.45, 2.75) is 13.3 Å². The van der Waals surface area contributed by atoms with Crippen LogP contribution in [0.2, 0.25) is 0 Å². The minimum absolute atomic E-state index is 0.657. The van der Waals surface area contributed by atoms with E-state index in [1.165, 1.54) is 0 Å². The van der Waals surface area contributed by atoms with Crippen molar-refractivity contribution in [1.82, 2.24) is 4.98 Å². The van der Waals surface area contributed by atoms with E-state index in [0.717, 1.165) is 32.0 Å². The summed E-state index contributed by atoms with van der Waals surface area (Å²) in [6.07, 6.45) is 0.968. The number of nitrogens with one attached hydrogen (secondary N) is 2. The SMILES string of the molecule is CCOCCCNc1cccc(NN)n1. The Hall–Kier alpha value is -1.33. The molecule has 5 heteroatoms. The second kappa shape index (κ2) is 7.03. The van der Waals surface area contributed by atoms with Crippen molar-refractivity contribution in [2.24, 2.45) is 5.84 Å². The summed E-state index contributed by atoms with van der Waals surface area (Å²) in [5, 5.41) is 3.19. The molecule has 0 aliphatic carbocycles. The van der Waals surface area contributed by atoms with E-state index < -0.39 is 0 Å². The second-order valence-corrected chi connectivity index (χ2v) is 3.03. The quantitative estimate of drug-likeness (QED) is 0.358. The van der Waals surface area contributed by atoms with Gasteiger partial charge in [0.1, 0.15) is 11.6 Å². The van der Waals surface area contributed by atoms with Gasteiger partial charge >= 0.3 is 0 Å². The zero-order valence-electron chi connectivity index (χ0n) is 8.99. The number of anilines is 2. The number of nitrogens with zero attached hydrogens (tertiary/aromatic N) is 1. The number of aromatic nitrogens is 1. The van der Waals surface area contributed by atoms with Gasteiger partial charge in [-0.25, -0.2) is 10.8 Å². The molecular formula is C10H18N4O. The fourth-order valence-electron chi connectivity index (χ4n) is 1.15. The molecule has 5 nitrogen and oxygen atoms in total. The summed E-state index contributed by atoms with van der Waals surface area (Å²) in [7, 11) is 0. The van der Waals surface area contributed by atoms with Crippen molar-refractivity contribution < 1.29 is 4.74 Å². The summed E-state index contributed by atoms with van der Waals surface area (Å²) in [4.78, 5) is 4.22. The van der Waals surface area contributed by atoms with Gasteiger partial charge in [0.15, 0.2) is 0 Å². The molecule has 84 valence electrons. The van der Waals surface area contributed by atoms with E-state index in [2.05, 4.69) is 15.7 Å². The van der Waals surface area contributed by atoms with Crippen molar-refractivity contribution in [2.75, 3.05) is 30.5 Å². The van der Waals surface area contributed by atoms with E-state index in [1.807, 2.05) is 25.1 Å². The number of hydrogen-bond donors (Lipinski definition) is 3. The topological polar surface area (TPSA) is 72.2 Å². The molecule has 0 saturated carbocycles. The van der Waals surface area contributed by atoms with Gasteiger partial charge in [0, 0.05) is 19.8 Å². The van der Waals surface area contributed by atoms with Crippen molar-refractivity contribution >= 4 is 11.6 Å². The zero-order chi connectivity index (χ0) is 10.9. The first-order valence-electron chi connectivity index (χ1n) is 5.12. The number of hydrazine groups is 1. The van der Waals surface area contributed by atoms with Gasteiger partial charge in [0.2, 0.25) is 0 Å². The molecule has 0 radical (unpaired) electrons. The molecule has 0 aliphatic heterocycles. The monoisotopic (exact) mass is 210 g/mol. The molecule has 0 spiro atoms. The first-order chi connectivity index (χ1) is 7.36. The third kappa shape index (κ3) is 4.62. The van der Waals surface area contributed by atoms with Crippen molar-refractivity contribution in [3.8, 4) is 0 Å². The van der Waals surface area contributed by atoms with Gasteiger partial charge in [-0.15, -0.1) is 0 Å². The van der Waals surface area contributed by atoms with Crippen LogP contribution in [0.5, 0.6) is 0 Å². The Morgan fingerprint density at radius 1 is 1.40 bits per heavy atom. The van der Waals surface area contributed by atoms with E-state index in [9.17, 15) is 0 Å². The van der Waals surface area contributed by atoms with Gasteiger partial charge < -0.3 is 15.5 Å². The molecule has 15 heavy (non-hydrogen) atoms. The highest BCUT2D eigenvalue weighted by molar-refractivity contribution is 5.44. The summed E-state index contributed by atoms with van der Waals surface area (Å²) in [6.45, 7) is 4.38. The first-order valence-corrected chi connectivity index (χ1v) is 5.12. The average Bonchev–Trinajstić information content (AvgIpc) is 2.29. The lowest BCUT2D eigenvalue weighted by Crippen LogP contribution is -2.11. The summed E-state index contributed by atoms with van der Waals surface area (Å²) in [6, 6.07) is 5.61. The number of hydrogen-bond acceptors (Lipinski definition) is 5. The van der Waals surface area contributed by atoms with Gasteiger partial charge in [-0.05, 0) is 25.5 Å². The Morgan fingerprint density at radius 2 is 2.20 bits per heavy atom. The molecule has 0 aliphatic rings. The highest BCUT2D eigenvalue weighted by Gasteiger charge is 1.94. The van der Waals surface area contributed by atoms with E-state index in [1.54, 1.807) is 0 Å². The van der Waals surface area contributed by atoms with Gasteiger partial charge in [0.25, 0.3) is 0 Å². The van der Waals surface area contributed by atoms with Crippen LogP contribution in [0.1, 0.15) is 13.3 Å². The Bertz CT molecular complexity index is 280. The summed E-state index contributed by atoms with van der Waals surface area (Å²) >= 11 is 0. The molecule has 1 rings (SSSR count). The van der Waals surface area contributed by atoms with Crippen LogP contribution in [0.4, 0.5) is 11.6 Å². The van der Waals surface area contributed by atoms with Crippen molar-refractivity contribution in [3.05, 3.63) is 18.2 Å². The molecule has 1 aromatic heterocycles. The molecule has 0 amide bonds. The van der Waals surface area contributed by atoms with Crippen LogP contribution < -0.4 is 16.6 Å². The molecular weight excluding hydrogens is 192 g/mol. The minimum Gasteiger partial charge on any atom is -0.382 e. The highest BCUT2D eigenvalue weighted by atomic mass is 16.5. The van der Waals surface area contributed by atoms with Crippen LogP contribution in [0.15, 0.2) is 18.2 Å². The number of pyridine rings is 1. The van der Waals surface area contributed by atoms with Crippen LogP contribution >= 0.6 is 0 Å². The number of nitrogens with two attached hydrogens (primary N) is 1. The molecule has 0 aromatic carbocycles. The van der Waals surface area contributed by atoms with E-state index in [4.69, 9.17) is 10.6 Å². The van der Waals surface area contributed by atoms with E-state index in [0.29, 0.717) is 5.82 Å². The maximum absolute atomic E-state index is 5.25. The van der Waals surface area contributed by atoms with Crippen LogP contribution in [0, 0.1) is 0 Å². The zero-order valence-corrected chi connectivity index (χ0v) is 8.99. The maximum atomic E-state index is 5.25. The summed E-state index contributed by atoms with van der Waals surface area (Å²) in [5.41, 5.74) is 2.50. The lowest BCUT2D eigenvalue weighted by Gasteiger charge is -2.06. The lowest BCUT2D eigenvalue weighted by atomic mass is 10.4. The van der Waals surface area contributed by atoms with Gasteiger partial charge in [-0.2, -0.15) is 0 Å². The van der Waals surface area contributed by atoms with Crippen molar-refractivity contribution in [1.29, 1.82) is 0 Å². The summed E-state index contributed by atoms with van der Waals surface area (Å²) < 4.78 is 5.22. The second-order valence-electron chi connectivity index (χ2n) is 3.03. The summed E-state index contributed by atoms with van der Waals surface area (Å²) in [5.74, 6) is 6.73. The third-order valence-corrected chi connectivity index (χ3v) is 1.87. The van der Waals surface area contributed by atoms with Gasteiger partial charge in [-0.1, -0.05) is 6.07 Å². The van der Waals surface area contributed by atoms with Crippen LogP contribution in [-0.4, -0.2) is 24.7 Å². The largest absolute Gasteiger partial charge is 0.382 e. The molecule has 4 N–H and O–H groups in total. The maximum Gasteiger partial charge on any atom is 0.142 e. The lowest BCUT2D eigenvalue weighted by molar-refractivity contribution is 0.147. The predicted octanol–water partition coefficient (Wildman–Crippen LogP) is 1.21. The van der Waals surface area contributed by atoms with Gasteiger partial charge in [-0.3, -0.25) is 0 Å². The normalized spacial score (nSPS) is 10.0. The van der Waals surface area contributed by atoms with Crippen molar-refractivity contribution in [3.63, 3.8) is 0 Å². The molecule has 0 atom stereocenters. The average molecular weight is 210 g/mol. The van der Waals surface area contributed by atoms with E-state index >= 15 is 0 Å². The standard InChI is InChI=1S/C10H18N4O/c1-2-15-8-4-7-12-9-5-3-6-10(13-9)14-11/h3,5-6H,2,4,7-8,11H2,1H3,(H2,12,13,14). The predicted molar refractivity (Wildman–Crippen MR) is 61.6 cm³/mol. The van der Waals surface area contributed by atoms with Crippen LogP contribution in [0.25, 0.3) is 0 Å². The van der Waals surface area contributed by atoms with E-state index in [-0.39, 0.29) is 0 Å². The third-order valence-electron chi connectivity index (χ3n) is 1.87. The Kier molecular flexibility index (Phi) is 5.50. The fourth-order valence-corrected chi connectivity index (χ4v) is 1.15. The van der Waals surface area contributed by atoms with Gasteiger partial charge in [0.05, 0.1) is 0 Å². The van der Waals surface area contributed by atoms with Crippen LogP contribution in [0.3, 0.4) is 0 Å². The molecule has 1 aromatic rings.